The molecule has 0 spiro atoms. The zero-order valence-corrected chi connectivity index (χ0v) is 11.6. The molecule has 5 heteroatoms. The molecular weight excluding hydrogens is 254 g/mol. The Labute approximate surface area is 118 Å². The van der Waals surface area contributed by atoms with Gasteiger partial charge in [0.05, 0.1) is 17.9 Å². The fourth-order valence-corrected chi connectivity index (χ4v) is 2.20. The number of carbonyl (C=O) groups is 1. The summed E-state index contributed by atoms with van der Waals surface area (Å²) in [5.74, 6) is -0.802. The van der Waals surface area contributed by atoms with Gasteiger partial charge in [-0.15, -0.1) is 0 Å². The Kier molecular flexibility index (Phi) is 4.90. The third-order valence-corrected chi connectivity index (χ3v) is 3.01. The second-order valence-corrected chi connectivity index (χ2v) is 4.67. The third kappa shape index (κ3) is 3.68. The van der Waals surface area contributed by atoms with E-state index in [0.717, 1.165) is 24.3 Å². The van der Waals surface area contributed by atoms with Crippen molar-refractivity contribution in [3.8, 4) is 5.69 Å². The van der Waals surface area contributed by atoms with E-state index in [-0.39, 0.29) is 6.54 Å². The largest absolute Gasteiger partial charge is 0.480 e. The fourth-order valence-electron chi connectivity index (χ4n) is 2.20. The van der Waals surface area contributed by atoms with Gasteiger partial charge in [0.2, 0.25) is 0 Å². The van der Waals surface area contributed by atoms with E-state index in [9.17, 15) is 4.79 Å². The van der Waals surface area contributed by atoms with Crippen molar-refractivity contribution in [2.24, 2.45) is 0 Å². The topological polar surface area (TPSA) is 58.4 Å². The number of aromatic nitrogens is 2. The quantitative estimate of drug-likeness (QED) is 0.840. The first-order chi connectivity index (χ1) is 9.70. The van der Waals surface area contributed by atoms with Crippen molar-refractivity contribution in [1.82, 2.24) is 14.7 Å². The van der Waals surface area contributed by atoms with E-state index in [1.165, 1.54) is 0 Å². The van der Waals surface area contributed by atoms with Gasteiger partial charge >= 0.3 is 5.97 Å². The van der Waals surface area contributed by atoms with Gasteiger partial charge in [0, 0.05) is 12.7 Å². The molecule has 0 aliphatic heterocycles. The predicted octanol–water partition coefficient (Wildman–Crippen LogP) is 2.17. The molecule has 1 heterocycles. The second kappa shape index (κ2) is 6.86. The third-order valence-electron chi connectivity index (χ3n) is 3.01. The van der Waals surface area contributed by atoms with Gasteiger partial charge in [-0.25, -0.2) is 4.68 Å². The van der Waals surface area contributed by atoms with Crippen molar-refractivity contribution < 1.29 is 9.90 Å². The van der Waals surface area contributed by atoms with Gasteiger partial charge < -0.3 is 5.11 Å². The lowest BCUT2D eigenvalue weighted by atomic mass is 10.3. The SMILES string of the molecule is CCCN(CC(=O)O)Cc1ccnn1-c1ccccc1. The zero-order chi connectivity index (χ0) is 14.4. The molecule has 0 saturated heterocycles. The lowest BCUT2D eigenvalue weighted by molar-refractivity contribution is -0.138. The molecule has 106 valence electrons. The first kappa shape index (κ1) is 14.3. The number of nitrogens with zero attached hydrogens (tertiary/aromatic N) is 3. The summed E-state index contributed by atoms with van der Waals surface area (Å²) in [4.78, 5) is 12.8. The molecule has 1 aromatic carbocycles. The number of hydrogen-bond donors (Lipinski definition) is 1. The number of hydrogen-bond acceptors (Lipinski definition) is 3. The molecule has 0 atom stereocenters. The van der Waals surface area contributed by atoms with E-state index in [4.69, 9.17) is 5.11 Å². The van der Waals surface area contributed by atoms with Gasteiger partial charge in [-0.2, -0.15) is 5.10 Å². The van der Waals surface area contributed by atoms with Gasteiger partial charge in [-0.05, 0) is 31.2 Å². The molecule has 0 saturated carbocycles. The van der Waals surface area contributed by atoms with Gasteiger partial charge in [-0.1, -0.05) is 25.1 Å². The summed E-state index contributed by atoms with van der Waals surface area (Å²) in [7, 11) is 0. The Balaban J connectivity index is 2.17. The summed E-state index contributed by atoms with van der Waals surface area (Å²) in [6.07, 6.45) is 2.67. The molecule has 20 heavy (non-hydrogen) atoms. The monoisotopic (exact) mass is 273 g/mol. The molecule has 0 amide bonds. The maximum absolute atomic E-state index is 10.9. The number of carboxylic acid groups (broad SMARTS) is 1. The predicted molar refractivity (Wildman–Crippen MR) is 76.8 cm³/mol. The summed E-state index contributed by atoms with van der Waals surface area (Å²) in [5.41, 5.74) is 1.98. The van der Waals surface area contributed by atoms with Crippen LogP contribution < -0.4 is 0 Å². The fraction of sp³-hybridized carbons (Fsp3) is 0.333. The lowest BCUT2D eigenvalue weighted by Gasteiger charge is -2.20. The Bertz CT molecular complexity index is 551. The molecule has 0 unspecified atom stereocenters. The van der Waals surface area contributed by atoms with E-state index in [0.29, 0.717) is 6.54 Å². The first-order valence-electron chi connectivity index (χ1n) is 6.73. The Morgan fingerprint density at radius 2 is 2.05 bits per heavy atom. The number of aliphatic carboxylic acids is 1. The highest BCUT2D eigenvalue weighted by molar-refractivity contribution is 5.69. The summed E-state index contributed by atoms with van der Waals surface area (Å²) >= 11 is 0. The Hall–Kier alpha value is -2.14. The minimum Gasteiger partial charge on any atom is -0.480 e. The summed E-state index contributed by atoms with van der Waals surface area (Å²) < 4.78 is 1.85. The molecule has 5 nitrogen and oxygen atoms in total. The average Bonchev–Trinajstić information content (AvgIpc) is 2.87. The maximum Gasteiger partial charge on any atom is 0.317 e. The van der Waals surface area contributed by atoms with Crippen molar-refractivity contribution in [3.63, 3.8) is 0 Å². The molecule has 0 fully saturated rings. The lowest BCUT2D eigenvalue weighted by Crippen LogP contribution is -2.30. The van der Waals surface area contributed by atoms with Crippen LogP contribution >= 0.6 is 0 Å². The van der Waals surface area contributed by atoms with Crippen LogP contribution in [0.25, 0.3) is 5.69 Å². The van der Waals surface area contributed by atoms with Crippen LogP contribution in [0.4, 0.5) is 0 Å². The minimum absolute atomic E-state index is 0.0494. The molecule has 1 aromatic heterocycles. The summed E-state index contributed by atoms with van der Waals surface area (Å²) in [6, 6.07) is 11.8. The molecule has 0 bridgehead atoms. The molecule has 0 aliphatic rings. The van der Waals surface area contributed by atoms with Gasteiger partial charge in [0.15, 0.2) is 0 Å². The van der Waals surface area contributed by atoms with E-state index < -0.39 is 5.97 Å². The zero-order valence-electron chi connectivity index (χ0n) is 11.6. The van der Waals surface area contributed by atoms with Crippen molar-refractivity contribution in [3.05, 3.63) is 48.3 Å². The van der Waals surface area contributed by atoms with E-state index in [1.807, 2.05) is 52.9 Å². The maximum atomic E-state index is 10.9. The molecular formula is C15H19N3O2. The Morgan fingerprint density at radius 3 is 2.70 bits per heavy atom. The number of carboxylic acids is 1. The first-order valence-corrected chi connectivity index (χ1v) is 6.73. The van der Waals surface area contributed by atoms with Crippen LogP contribution in [0.3, 0.4) is 0 Å². The molecule has 2 aromatic rings. The summed E-state index contributed by atoms with van der Waals surface area (Å²) in [6.45, 7) is 3.43. The smallest absolute Gasteiger partial charge is 0.317 e. The average molecular weight is 273 g/mol. The highest BCUT2D eigenvalue weighted by Crippen LogP contribution is 2.12. The number of rotatable bonds is 7. The Morgan fingerprint density at radius 1 is 1.30 bits per heavy atom. The van der Waals surface area contributed by atoms with Crippen molar-refractivity contribution in [2.75, 3.05) is 13.1 Å². The molecule has 1 N–H and O–H groups in total. The van der Waals surface area contributed by atoms with Crippen LogP contribution in [-0.2, 0) is 11.3 Å². The van der Waals surface area contributed by atoms with Crippen LogP contribution in [0.15, 0.2) is 42.6 Å². The van der Waals surface area contributed by atoms with E-state index in [2.05, 4.69) is 5.10 Å². The highest BCUT2D eigenvalue weighted by Gasteiger charge is 2.12. The van der Waals surface area contributed by atoms with Crippen LogP contribution in [0.2, 0.25) is 0 Å². The number of benzene rings is 1. The van der Waals surface area contributed by atoms with Crippen LogP contribution in [0.5, 0.6) is 0 Å². The van der Waals surface area contributed by atoms with Gasteiger partial charge in [0.25, 0.3) is 0 Å². The van der Waals surface area contributed by atoms with Crippen molar-refractivity contribution >= 4 is 5.97 Å². The molecule has 2 rings (SSSR count). The number of para-hydroxylation sites is 1. The van der Waals surface area contributed by atoms with Crippen molar-refractivity contribution in [2.45, 2.75) is 19.9 Å². The second-order valence-electron chi connectivity index (χ2n) is 4.67. The molecule has 0 radical (unpaired) electrons. The normalized spacial score (nSPS) is 10.9. The van der Waals surface area contributed by atoms with E-state index in [1.54, 1.807) is 6.20 Å². The van der Waals surface area contributed by atoms with Crippen LogP contribution in [-0.4, -0.2) is 38.8 Å². The van der Waals surface area contributed by atoms with E-state index >= 15 is 0 Å². The van der Waals surface area contributed by atoms with Gasteiger partial charge in [0.1, 0.15) is 0 Å². The van der Waals surface area contributed by atoms with Crippen molar-refractivity contribution in [1.29, 1.82) is 0 Å². The standard InChI is InChI=1S/C15H19N3O2/c1-2-10-17(12-15(19)20)11-14-8-9-16-18(14)13-6-4-3-5-7-13/h3-9H,2,10-12H2,1H3,(H,19,20). The highest BCUT2D eigenvalue weighted by atomic mass is 16.4. The molecule has 0 aliphatic carbocycles. The summed E-state index contributed by atoms with van der Waals surface area (Å²) in [5, 5.41) is 13.3. The van der Waals surface area contributed by atoms with Crippen LogP contribution in [0, 0.1) is 0 Å². The van der Waals surface area contributed by atoms with Gasteiger partial charge in [-0.3, -0.25) is 9.69 Å². The minimum atomic E-state index is -0.802. The van der Waals surface area contributed by atoms with Crippen LogP contribution in [0.1, 0.15) is 19.0 Å².